The average Bonchev–Trinajstić information content (AvgIpc) is 2.29. The van der Waals surface area contributed by atoms with E-state index in [0.717, 1.165) is 19.3 Å². The first-order chi connectivity index (χ1) is 9.38. The predicted molar refractivity (Wildman–Crippen MR) is 62.5 cm³/mol. The predicted octanol–water partition coefficient (Wildman–Crippen LogP) is -4.61. The summed E-state index contributed by atoms with van der Waals surface area (Å²) in [5, 5.41) is 12.7. The number of unbranched alkanes of at least 4 members (excludes halogenated alkanes) is 1. The molecule has 0 radical (unpaired) electrons. The molecule has 0 aliphatic carbocycles. The molecule has 0 bridgehead atoms. The van der Waals surface area contributed by atoms with Gasteiger partial charge in [0.15, 0.2) is 0 Å². The van der Waals surface area contributed by atoms with Crippen LogP contribution in [0.3, 0.4) is 0 Å². The Bertz CT molecular complexity index is 312. The zero-order valence-corrected chi connectivity index (χ0v) is 18.3. The molecule has 2 atom stereocenters. The van der Waals surface area contributed by atoms with Crippen molar-refractivity contribution in [2.24, 2.45) is 5.92 Å². The quantitative estimate of drug-likeness (QED) is 0.205. The van der Waals surface area contributed by atoms with Crippen LogP contribution < -0.4 is 59.1 Å². The Morgan fingerprint density at radius 2 is 1.73 bits per heavy atom. The van der Waals surface area contributed by atoms with Gasteiger partial charge in [-0.1, -0.05) is 33.1 Å². The molecule has 0 aromatic rings. The third kappa shape index (κ3) is 19.7. The molecule has 1 heterocycles. The van der Waals surface area contributed by atoms with Crippen molar-refractivity contribution < 1.29 is 102 Å². The van der Waals surface area contributed by atoms with Gasteiger partial charge in [-0.15, -0.1) is 0 Å². The Balaban J connectivity index is -0.000000452. The normalized spacial score (nSPS) is 20.1. The van der Waals surface area contributed by atoms with E-state index in [1.165, 1.54) is 12.8 Å². The second-order valence-corrected chi connectivity index (χ2v) is 4.98. The summed E-state index contributed by atoms with van der Waals surface area (Å²) in [5.41, 5.74) is 0. The molecule has 0 saturated carbocycles. The van der Waals surface area contributed by atoms with Gasteiger partial charge in [0.25, 0.3) is 0 Å². The molecule has 0 aromatic heterocycles. The van der Waals surface area contributed by atoms with Crippen LogP contribution >= 0.6 is 0 Å². The van der Waals surface area contributed by atoms with Crippen molar-refractivity contribution in [2.45, 2.75) is 52.1 Å². The van der Waals surface area contributed by atoms with E-state index in [0.29, 0.717) is 12.5 Å². The van der Waals surface area contributed by atoms with Crippen molar-refractivity contribution in [3.63, 3.8) is 0 Å². The zero-order valence-electron chi connectivity index (χ0n) is 13.5. The van der Waals surface area contributed by atoms with E-state index in [-0.39, 0.29) is 65.2 Å². The van der Waals surface area contributed by atoms with Crippen LogP contribution in [0, 0.1) is 5.92 Å². The Morgan fingerprint density at radius 3 is 2.23 bits per heavy atom. The van der Waals surface area contributed by atoms with Gasteiger partial charge in [-0.2, -0.15) is 0 Å². The molecule has 2 unspecified atom stereocenters. The molecule has 1 aliphatic heterocycles. The molecule has 0 aromatic carbocycles. The van der Waals surface area contributed by atoms with Crippen molar-refractivity contribution in [2.75, 3.05) is 6.61 Å². The molecule has 9 nitrogen and oxygen atoms in total. The Morgan fingerprint density at radius 1 is 1.14 bits per heavy atom. The minimum absolute atomic E-state index is 0. The van der Waals surface area contributed by atoms with Gasteiger partial charge in [0.2, 0.25) is 0 Å². The molecule has 0 N–H and O–H groups in total. The van der Waals surface area contributed by atoms with Gasteiger partial charge in [0.1, 0.15) is 6.10 Å². The van der Waals surface area contributed by atoms with E-state index >= 15 is 0 Å². The van der Waals surface area contributed by atoms with E-state index in [2.05, 4.69) is 33.8 Å². The van der Waals surface area contributed by atoms with Gasteiger partial charge >= 0.3 is 59.1 Å². The van der Waals surface area contributed by atoms with Gasteiger partial charge in [-0.3, -0.25) is 8.42 Å². The summed E-state index contributed by atoms with van der Waals surface area (Å²) in [5.74, 6) is 0.482. The first-order valence-electron chi connectivity index (χ1n) is 6.33. The summed E-state index contributed by atoms with van der Waals surface area (Å²) in [4.78, 5) is 9.78. The average molecular weight is 362 g/mol. The van der Waals surface area contributed by atoms with Crippen molar-refractivity contribution in [3.8, 4) is 0 Å². The minimum Gasteiger partial charge on any atom is -0.759 e. The molecule has 1 aliphatic rings. The summed E-state index contributed by atoms with van der Waals surface area (Å²) < 4.78 is 34.1. The second-order valence-electron chi connectivity index (χ2n) is 4.17. The van der Waals surface area contributed by atoms with E-state index in [4.69, 9.17) is 22.4 Å². The second kappa shape index (κ2) is 17.5. The molecule has 122 valence electrons. The van der Waals surface area contributed by atoms with Crippen LogP contribution in [0.4, 0.5) is 0 Å². The first kappa shape index (κ1) is 28.5. The van der Waals surface area contributed by atoms with Gasteiger partial charge in [0.05, 0.1) is 6.61 Å². The van der Waals surface area contributed by atoms with Crippen molar-refractivity contribution in [3.05, 3.63) is 0 Å². The molecule has 0 spiro atoms. The smallest absolute Gasteiger partial charge is 0.759 e. The largest absolute Gasteiger partial charge is 1.00 e. The molecule has 12 heteroatoms. The Kier molecular flexibility index (Phi) is 22.6. The summed E-state index contributed by atoms with van der Waals surface area (Å²) >= 11 is 0. The first-order valence-corrected chi connectivity index (χ1v) is 7.66. The van der Waals surface area contributed by atoms with Crippen molar-refractivity contribution in [1.82, 2.24) is 0 Å². The fourth-order valence-corrected chi connectivity index (χ4v) is 1.78. The van der Waals surface area contributed by atoms with Crippen LogP contribution in [0.2, 0.25) is 0 Å². The third-order valence-electron chi connectivity index (χ3n) is 2.73. The monoisotopic (exact) mass is 362 g/mol. The molecule has 1 fully saturated rings. The standard InChI is InChI=1S/C10H20O5.2Na.H2O4S/c1-3-5-6-9(4-2)10-7-8-11-13-15-14-12-10;;;1-5(2,3)4/h9-10H,3-8H2,1-2H3;;;(H2,1,2,3,4)/q;2*+1;/p-2. The van der Waals surface area contributed by atoms with Crippen LogP contribution in [0.15, 0.2) is 0 Å². The number of hydrogen-bond acceptors (Lipinski definition) is 9. The maximum atomic E-state index is 8.52. The number of hydrogen-bond donors (Lipinski definition) is 0. The Hall–Kier alpha value is 1.67. The van der Waals surface area contributed by atoms with Gasteiger partial charge in [-0.05, 0) is 27.5 Å². The SMILES string of the molecule is CCCCC(CC)C1CCOOOOO1.O=S(=O)([O-])[O-].[Na+].[Na+]. The van der Waals surface area contributed by atoms with Crippen LogP contribution in [0.1, 0.15) is 46.0 Å². The van der Waals surface area contributed by atoms with Gasteiger partial charge in [-0.25, -0.2) is 9.78 Å². The summed E-state index contributed by atoms with van der Waals surface area (Å²) in [6.07, 6.45) is 5.38. The van der Waals surface area contributed by atoms with E-state index in [1.807, 2.05) is 0 Å². The molecule has 1 saturated heterocycles. The van der Waals surface area contributed by atoms with E-state index in [1.54, 1.807) is 0 Å². The van der Waals surface area contributed by atoms with Crippen molar-refractivity contribution >= 4 is 10.4 Å². The van der Waals surface area contributed by atoms with Gasteiger partial charge in [0, 0.05) is 16.8 Å². The molecule has 0 amide bonds. The fourth-order valence-electron chi connectivity index (χ4n) is 1.78. The zero-order chi connectivity index (χ0) is 15.4. The van der Waals surface area contributed by atoms with Crippen molar-refractivity contribution in [1.29, 1.82) is 0 Å². The van der Waals surface area contributed by atoms with Crippen LogP contribution in [0.25, 0.3) is 0 Å². The fraction of sp³-hybridized carbons (Fsp3) is 1.00. The van der Waals surface area contributed by atoms with Crippen LogP contribution in [-0.4, -0.2) is 30.2 Å². The van der Waals surface area contributed by atoms with Crippen LogP contribution in [0.5, 0.6) is 0 Å². The molecule has 22 heavy (non-hydrogen) atoms. The topological polar surface area (TPSA) is 126 Å². The van der Waals surface area contributed by atoms with E-state index in [9.17, 15) is 0 Å². The maximum absolute atomic E-state index is 8.52. The molecule has 1 rings (SSSR count). The summed E-state index contributed by atoms with van der Waals surface area (Å²) in [6, 6.07) is 0. The third-order valence-corrected chi connectivity index (χ3v) is 2.73. The van der Waals surface area contributed by atoms with E-state index < -0.39 is 10.4 Å². The number of rotatable bonds is 5. The minimum atomic E-state index is -5.17. The van der Waals surface area contributed by atoms with Gasteiger partial charge < -0.3 is 9.11 Å². The maximum Gasteiger partial charge on any atom is 1.00 e. The molecular formula is C10H20Na2O9S. The summed E-state index contributed by atoms with van der Waals surface area (Å²) in [6.45, 7) is 4.79. The Labute approximate surface area is 175 Å². The summed E-state index contributed by atoms with van der Waals surface area (Å²) in [7, 11) is -5.17. The van der Waals surface area contributed by atoms with Crippen LogP contribution in [-0.2, 0) is 35.3 Å². The molecular weight excluding hydrogens is 342 g/mol.